The third kappa shape index (κ3) is 3.72. The van der Waals surface area contributed by atoms with E-state index in [2.05, 4.69) is 0 Å². The second-order valence-corrected chi connectivity index (χ2v) is 7.11. The Balaban J connectivity index is 1.59. The van der Waals surface area contributed by atoms with Gasteiger partial charge in [0.25, 0.3) is 10.2 Å². The SMILES string of the molecule is NS(=O)(=O)N1CCN(C(=O)C=Cc2ccc3c(c2)CCO3)CC1. The lowest BCUT2D eigenvalue weighted by atomic mass is 10.1. The topological polar surface area (TPSA) is 92.9 Å². The first-order chi connectivity index (χ1) is 10.9. The van der Waals surface area contributed by atoms with Crippen molar-refractivity contribution in [3.8, 4) is 5.75 Å². The van der Waals surface area contributed by atoms with Crippen molar-refractivity contribution in [1.82, 2.24) is 9.21 Å². The van der Waals surface area contributed by atoms with E-state index in [4.69, 9.17) is 9.88 Å². The van der Waals surface area contributed by atoms with Crippen molar-refractivity contribution in [1.29, 1.82) is 0 Å². The van der Waals surface area contributed by atoms with Crippen molar-refractivity contribution >= 4 is 22.2 Å². The van der Waals surface area contributed by atoms with Crippen LogP contribution in [-0.4, -0.2) is 56.3 Å². The highest BCUT2D eigenvalue weighted by molar-refractivity contribution is 7.86. The van der Waals surface area contributed by atoms with Crippen LogP contribution in [0.25, 0.3) is 6.08 Å². The first kappa shape index (κ1) is 16.0. The highest BCUT2D eigenvalue weighted by Gasteiger charge is 2.25. The Morgan fingerprint density at radius 2 is 1.96 bits per heavy atom. The Labute approximate surface area is 135 Å². The molecule has 3 rings (SSSR count). The van der Waals surface area contributed by atoms with Crippen LogP contribution in [0.2, 0.25) is 0 Å². The quantitative estimate of drug-likeness (QED) is 0.785. The number of amides is 1. The van der Waals surface area contributed by atoms with Gasteiger partial charge in [-0.15, -0.1) is 0 Å². The van der Waals surface area contributed by atoms with E-state index in [1.165, 1.54) is 10.4 Å². The monoisotopic (exact) mass is 337 g/mol. The first-order valence-corrected chi connectivity index (χ1v) is 8.94. The van der Waals surface area contributed by atoms with E-state index in [-0.39, 0.29) is 19.0 Å². The number of nitrogens with two attached hydrogens (primary N) is 1. The molecule has 0 unspecified atom stereocenters. The molecule has 2 aliphatic heterocycles. The predicted molar refractivity (Wildman–Crippen MR) is 85.9 cm³/mol. The van der Waals surface area contributed by atoms with Gasteiger partial charge in [0, 0.05) is 38.7 Å². The number of benzene rings is 1. The molecule has 1 aromatic rings. The van der Waals surface area contributed by atoms with Gasteiger partial charge < -0.3 is 9.64 Å². The van der Waals surface area contributed by atoms with E-state index in [1.54, 1.807) is 11.0 Å². The van der Waals surface area contributed by atoms with Crippen molar-refractivity contribution in [3.63, 3.8) is 0 Å². The lowest BCUT2D eigenvalue weighted by molar-refractivity contribution is -0.127. The van der Waals surface area contributed by atoms with Gasteiger partial charge in [0.2, 0.25) is 5.91 Å². The molecule has 7 nitrogen and oxygen atoms in total. The number of nitrogens with zero attached hydrogens (tertiary/aromatic N) is 2. The molecule has 2 heterocycles. The highest BCUT2D eigenvalue weighted by Crippen LogP contribution is 2.26. The molecule has 0 bridgehead atoms. The Kier molecular flexibility index (Phi) is 4.38. The van der Waals surface area contributed by atoms with E-state index in [0.717, 1.165) is 23.3 Å². The van der Waals surface area contributed by atoms with Gasteiger partial charge in [0.1, 0.15) is 5.75 Å². The molecule has 124 valence electrons. The van der Waals surface area contributed by atoms with Gasteiger partial charge >= 0.3 is 0 Å². The summed E-state index contributed by atoms with van der Waals surface area (Å²) in [6.07, 6.45) is 4.18. The summed E-state index contributed by atoms with van der Waals surface area (Å²) in [5.41, 5.74) is 2.10. The van der Waals surface area contributed by atoms with Crippen LogP contribution in [0, 0.1) is 0 Å². The molecule has 2 N–H and O–H groups in total. The summed E-state index contributed by atoms with van der Waals surface area (Å²) in [5, 5.41) is 5.08. The van der Waals surface area contributed by atoms with Crippen LogP contribution in [0.3, 0.4) is 0 Å². The zero-order valence-electron chi connectivity index (χ0n) is 12.6. The average Bonchev–Trinajstić information content (AvgIpc) is 2.99. The predicted octanol–water partition coefficient (Wildman–Crippen LogP) is -0.0176. The van der Waals surface area contributed by atoms with Crippen LogP contribution in [0.5, 0.6) is 5.75 Å². The number of fused-ring (bicyclic) bond motifs is 1. The summed E-state index contributed by atoms with van der Waals surface area (Å²) in [6, 6.07) is 5.84. The van der Waals surface area contributed by atoms with Crippen LogP contribution in [0.15, 0.2) is 24.3 Å². The smallest absolute Gasteiger partial charge is 0.277 e. The minimum atomic E-state index is -3.67. The highest BCUT2D eigenvalue weighted by atomic mass is 32.2. The van der Waals surface area contributed by atoms with Crippen LogP contribution < -0.4 is 9.88 Å². The van der Waals surface area contributed by atoms with Crippen molar-refractivity contribution < 1.29 is 17.9 Å². The standard InChI is InChI=1S/C15H19N3O4S/c16-23(20,21)18-8-6-17(7-9-18)15(19)4-2-12-1-3-14-13(11-12)5-10-22-14/h1-4,11H,5-10H2,(H2,16,20,21). The van der Waals surface area contributed by atoms with E-state index in [9.17, 15) is 13.2 Å². The van der Waals surface area contributed by atoms with Gasteiger partial charge in [-0.2, -0.15) is 12.7 Å². The second kappa shape index (κ2) is 6.31. The van der Waals surface area contributed by atoms with Crippen LogP contribution in [0.4, 0.5) is 0 Å². The summed E-state index contributed by atoms with van der Waals surface area (Å²) in [6.45, 7) is 1.86. The van der Waals surface area contributed by atoms with Crippen molar-refractivity contribution in [2.45, 2.75) is 6.42 Å². The molecule has 0 spiro atoms. The molecular formula is C15H19N3O4S. The van der Waals surface area contributed by atoms with Crippen molar-refractivity contribution in [2.24, 2.45) is 5.14 Å². The number of ether oxygens (including phenoxy) is 1. The van der Waals surface area contributed by atoms with E-state index < -0.39 is 10.2 Å². The Hall–Kier alpha value is -1.90. The molecule has 0 saturated carbocycles. The van der Waals surface area contributed by atoms with E-state index >= 15 is 0 Å². The number of carbonyl (C=O) groups excluding carboxylic acids is 1. The fourth-order valence-corrected chi connectivity index (χ4v) is 3.42. The number of piperazine rings is 1. The fourth-order valence-electron chi connectivity index (χ4n) is 2.75. The van der Waals surface area contributed by atoms with E-state index in [1.807, 2.05) is 18.2 Å². The van der Waals surface area contributed by atoms with E-state index in [0.29, 0.717) is 19.7 Å². The van der Waals surface area contributed by atoms with Crippen molar-refractivity contribution in [3.05, 3.63) is 35.4 Å². The number of hydrogen-bond acceptors (Lipinski definition) is 4. The number of rotatable bonds is 3. The van der Waals surface area contributed by atoms with Gasteiger partial charge in [0.15, 0.2) is 0 Å². The largest absolute Gasteiger partial charge is 0.493 e. The lowest BCUT2D eigenvalue weighted by Gasteiger charge is -2.32. The van der Waals surface area contributed by atoms with Gasteiger partial charge in [-0.25, -0.2) is 5.14 Å². The van der Waals surface area contributed by atoms with Crippen LogP contribution in [0.1, 0.15) is 11.1 Å². The molecule has 23 heavy (non-hydrogen) atoms. The number of hydrogen-bond donors (Lipinski definition) is 1. The molecule has 0 aromatic heterocycles. The third-order valence-corrected chi connectivity index (χ3v) is 5.13. The zero-order valence-corrected chi connectivity index (χ0v) is 13.5. The molecule has 1 saturated heterocycles. The van der Waals surface area contributed by atoms with Gasteiger partial charge in [-0.3, -0.25) is 4.79 Å². The Morgan fingerprint density at radius 1 is 1.22 bits per heavy atom. The Morgan fingerprint density at radius 3 is 2.65 bits per heavy atom. The molecule has 1 aromatic carbocycles. The lowest BCUT2D eigenvalue weighted by Crippen LogP contribution is -2.51. The third-order valence-electron chi connectivity index (χ3n) is 4.04. The minimum absolute atomic E-state index is 0.129. The molecular weight excluding hydrogens is 318 g/mol. The minimum Gasteiger partial charge on any atom is -0.493 e. The maximum Gasteiger partial charge on any atom is 0.277 e. The maximum atomic E-state index is 12.2. The molecule has 0 aliphatic carbocycles. The van der Waals surface area contributed by atoms with Crippen LogP contribution in [-0.2, 0) is 21.4 Å². The number of carbonyl (C=O) groups is 1. The summed E-state index contributed by atoms with van der Waals surface area (Å²) in [4.78, 5) is 13.8. The van der Waals surface area contributed by atoms with Gasteiger partial charge in [-0.05, 0) is 29.3 Å². The normalized spacial score (nSPS) is 18.9. The summed E-state index contributed by atoms with van der Waals surface area (Å²) >= 11 is 0. The molecule has 0 radical (unpaired) electrons. The van der Waals surface area contributed by atoms with Crippen LogP contribution >= 0.6 is 0 Å². The maximum absolute atomic E-state index is 12.2. The molecule has 0 atom stereocenters. The summed E-state index contributed by atoms with van der Waals surface area (Å²) < 4.78 is 29.1. The summed E-state index contributed by atoms with van der Waals surface area (Å²) in [7, 11) is -3.67. The van der Waals surface area contributed by atoms with Gasteiger partial charge in [0.05, 0.1) is 6.61 Å². The zero-order chi connectivity index (χ0) is 16.4. The Bertz CT molecular complexity index is 737. The first-order valence-electron chi connectivity index (χ1n) is 7.44. The molecule has 1 fully saturated rings. The second-order valence-electron chi connectivity index (χ2n) is 5.57. The molecule has 8 heteroatoms. The molecule has 1 amide bonds. The molecule has 2 aliphatic rings. The average molecular weight is 337 g/mol. The van der Waals surface area contributed by atoms with Crippen molar-refractivity contribution in [2.75, 3.05) is 32.8 Å². The fraction of sp³-hybridized carbons (Fsp3) is 0.400. The summed E-state index contributed by atoms with van der Waals surface area (Å²) in [5.74, 6) is 0.781. The van der Waals surface area contributed by atoms with Gasteiger partial charge in [-0.1, -0.05) is 6.07 Å².